The number of aromatic nitrogens is 4. The number of hydrogen-bond acceptors (Lipinski definition) is 5. The van der Waals surface area contributed by atoms with Crippen LogP contribution in [0.3, 0.4) is 0 Å². The maximum absolute atomic E-state index is 13.5. The van der Waals surface area contributed by atoms with Crippen molar-refractivity contribution >= 4 is 5.82 Å². The second kappa shape index (κ2) is 7.48. The summed E-state index contributed by atoms with van der Waals surface area (Å²) in [5.74, 6) is 0.377. The summed E-state index contributed by atoms with van der Waals surface area (Å²) in [4.78, 5) is 12.6. The lowest BCUT2D eigenvalue weighted by molar-refractivity contribution is 0.269. The van der Waals surface area contributed by atoms with Gasteiger partial charge in [-0.3, -0.25) is 4.79 Å². The minimum absolute atomic E-state index is 0.0369. The van der Waals surface area contributed by atoms with E-state index in [4.69, 9.17) is 5.10 Å². The van der Waals surface area contributed by atoms with Crippen LogP contribution in [-0.4, -0.2) is 37.3 Å². The van der Waals surface area contributed by atoms with Crippen LogP contribution in [0, 0.1) is 12.7 Å². The van der Waals surface area contributed by atoms with E-state index < -0.39 is 0 Å². The van der Waals surface area contributed by atoms with Crippen molar-refractivity contribution in [1.29, 1.82) is 0 Å². The van der Waals surface area contributed by atoms with Crippen LogP contribution in [0.4, 0.5) is 10.2 Å². The van der Waals surface area contributed by atoms with Crippen LogP contribution >= 0.6 is 0 Å². The fourth-order valence-electron chi connectivity index (χ4n) is 3.86. The number of aliphatic hydroxyl groups is 1. The number of halogens is 1. The lowest BCUT2D eigenvalue weighted by Gasteiger charge is -2.12. The number of anilines is 1. The van der Waals surface area contributed by atoms with E-state index in [1.807, 2.05) is 31.2 Å². The van der Waals surface area contributed by atoms with Gasteiger partial charge >= 0.3 is 0 Å². The van der Waals surface area contributed by atoms with Gasteiger partial charge in [0.2, 0.25) is 0 Å². The van der Waals surface area contributed by atoms with Gasteiger partial charge in [0.15, 0.2) is 0 Å². The fraction of sp³-hybridized carbons (Fsp3) is 0.174. The Bertz CT molecular complexity index is 1330. The summed E-state index contributed by atoms with van der Waals surface area (Å²) >= 11 is 0. The van der Waals surface area contributed by atoms with Crippen LogP contribution in [-0.2, 0) is 6.54 Å². The molecule has 7 nitrogen and oxygen atoms in total. The Morgan fingerprint density at radius 1 is 1.10 bits per heavy atom. The molecule has 0 aliphatic carbocycles. The Kier molecular flexibility index (Phi) is 4.63. The van der Waals surface area contributed by atoms with Crippen molar-refractivity contribution in [3.63, 3.8) is 0 Å². The summed E-state index contributed by atoms with van der Waals surface area (Å²) in [6.07, 6.45) is 0. The first-order chi connectivity index (χ1) is 15.0. The van der Waals surface area contributed by atoms with Crippen LogP contribution in [0.25, 0.3) is 28.2 Å². The molecule has 2 N–H and O–H groups in total. The van der Waals surface area contributed by atoms with E-state index in [0.717, 1.165) is 11.1 Å². The van der Waals surface area contributed by atoms with Gasteiger partial charge in [-0.25, -0.2) is 9.07 Å². The summed E-state index contributed by atoms with van der Waals surface area (Å²) in [6, 6.07) is 16.6. The molecule has 31 heavy (non-hydrogen) atoms. The number of nitrogens with one attached hydrogen (secondary N) is 1. The van der Waals surface area contributed by atoms with Crippen LogP contribution in [0.2, 0.25) is 0 Å². The molecule has 8 heteroatoms. The molecule has 1 aliphatic heterocycles. The molecule has 2 aromatic heterocycles. The summed E-state index contributed by atoms with van der Waals surface area (Å²) in [5.41, 5.74) is 3.98. The topological polar surface area (TPSA) is 85.0 Å². The molecular formula is C23H20FN5O2. The quantitative estimate of drug-likeness (QED) is 0.533. The smallest absolute Gasteiger partial charge is 0.271 e. The molecule has 0 spiro atoms. The molecule has 156 valence electrons. The van der Waals surface area contributed by atoms with Crippen molar-refractivity contribution in [2.24, 2.45) is 0 Å². The first-order valence-corrected chi connectivity index (χ1v) is 9.96. The van der Waals surface area contributed by atoms with E-state index in [2.05, 4.69) is 10.4 Å². The molecule has 0 saturated heterocycles. The largest absolute Gasteiger partial charge is 0.394 e. The molecule has 0 radical (unpaired) electrons. The van der Waals surface area contributed by atoms with Crippen LogP contribution in [0.1, 0.15) is 5.56 Å². The van der Waals surface area contributed by atoms with E-state index in [1.54, 1.807) is 22.9 Å². The van der Waals surface area contributed by atoms with Gasteiger partial charge in [0, 0.05) is 11.6 Å². The van der Waals surface area contributed by atoms with Crippen molar-refractivity contribution in [2.75, 3.05) is 11.9 Å². The van der Waals surface area contributed by atoms with Gasteiger partial charge in [-0.1, -0.05) is 18.2 Å². The van der Waals surface area contributed by atoms with E-state index in [-0.39, 0.29) is 24.0 Å². The zero-order valence-electron chi connectivity index (χ0n) is 16.8. The number of nitrogens with zero attached hydrogens (tertiary/aromatic N) is 4. The number of fused-ring (bicyclic) bond motifs is 1. The van der Waals surface area contributed by atoms with E-state index in [1.165, 1.54) is 22.9 Å². The first-order valence-electron chi connectivity index (χ1n) is 9.96. The molecule has 0 fully saturated rings. The molecule has 3 heterocycles. The SMILES string of the molecule is Cc1ccccc1-n1nc(-c2c(-c3ccc(F)cc3)nn3c2N[C@@H](CO)C3)ccc1=O. The first kappa shape index (κ1) is 19.2. The average Bonchev–Trinajstić information content (AvgIpc) is 3.33. The summed E-state index contributed by atoms with van der Waals surface area (Å²) in [5, 5.41) is 22.2. The highest BCUT2D eigenvalue weighted by atomic mass is 19.1. The van der Waals surface area contributed by atoms with Gasteiger partial charge in [0.25, 0.3) is 5.56 Å². The Morgan fingerprint density at radius 3 is 2.61 bits per heavy atom. The maximum atomic E-state index is 13.5. The van der Waals surface area contributed by atoms with Crippen LogP contribution in [0.15, 0.2) is 65.5 Å². The predicted octanol–water partition coefficient (Wildman–Crippen LogP) is 3.00. The molecule has 0 saturated carbocycles. The summed E-state index contributed by atoms with van der Waals surface area (Å²) in [6.45, 7) is 2.38. The van der Waals surface area contributed by atoms with Crippen molar-refractivity contribution in [1.82, 2.24) is 19.6 Å². The van der Waals surface area contributed by atoms with Gasteiger partial charge in [-0.15, -0.1) is 0 Å². The second-order valence-corrected chi connectivity index (χ2v) is 7.54. The molecule has 0 bridgehead atoms. The lowest BCUT2D eigenvalue weighted by atomic mass is 10.0. The van der Waals surface area contributed by atoms with Gasteiger partial charge in [0.05, 0.1) is 36.1 Å². The summed E-state index contributed by atoms with van der Waals surface area (Å²) < 4.78 is 16.6. The molecule has 1 atom stereocenters. The zero-order chi connectivity index (χ0) is 21.5. The Balaban J connectivity index is 1.72. The highest BCUT2D eigenvalue weighted by molar-refractivity contribution is 5.88. The molecular weight excluding hydrogens is 397 g/mol. The molecule has 0 amide bonds. The Labute approximate surface area is 177 Å². The maximum Gasteiger partial charge on any atom is 0.271 e. The molecule has 2 aromatic carbocycles. The van der Waals surface area contributed by atoms with E-state index in [0.29, 0.717) is 35.0 Å². The number of aryl methyl sites for hydroxylation is 1. The third-order valence-corrected chi connectivity index (χ3v) is 5.42. The molecule has 5 rings (SSSR count). The van der Waals surface area contributed by atoms with Crippen LogP contribution in [0.5, 0.6) is 0 Å². The highest BCUT2D eigenvalue weighted by Crippen LogP contribution is 2.39. The van der Waals surface area contributed by atoms with E-state index >= 15 is 0 Å². The fourth-order valence-corrected chi connectivity index (χ4v) is 3.86. The van der Waals surface area contributed by atoms with Gasteiger partial charge in [0.1, 0.15) is 17.3 Å². The van der Waals surface area contributed by atoms with Crippen molar-refractivity contribution in [2.45, 2.75) is 19.5 Å². The van der Waals surface area contributed by atoms with Crippen LogP contribution < -0.4 is 10.9 Å². The van der Waals surface area contributed by atoms with Gasteiger partial charge in [-0.05, 0) is 48.9 Å². The highest BCUT2D eigenvalue weighted by Gasteiger charge is 2.29. The van der Waals surface area contributed by atoms with Gasteiger partial charge < -0.3 is 10.4 Å². The number of rotatable bonds is 4. The van der Waals surface area contributed by atoms with Crippen molar-refractivity contribution < 1.29 is 9.50 Å². The third-order valence-electron chi connectivity index (χ3n) is 5.42. The molecule has 4 aromatic rings. The Morgan fingerprint density at radius 2 is 1.87 bits per heavy atom. The lowest BCUT2D eigenvalue weighted by Crippen LogP contribution is -2.22. The predicted molar refractivity (Wildman–Crippen MR) is 116 cm³/mol. The van der Waals surface area contributed by atoms with E-state index in [9.17, 15) is 14.3 Å². The normalized spacial score (nSPS) is 15.0. The average molecular weight is 417 g/mol. The number of aliphatic hydroxyl groups excluding tert-OH is 1. The third kappa shape index (κ3) is 3.30. The number of para-hydroxylation sites is 1. The molecule has 0 unspecified atom stereocenters. The summed E-state index contributed by atoms with van der Waals surface area (Å²) in [7, 11) is 0. The molecule has 1 aliphatic rings. The van der Waals surface area contributed by atoms with Crippen molar-refractivity contribution in [3.8, 4) is 28.2 Å². The number of benzene rings is 2. The van der Waals surface area contributed by atoms with Gasteiger partial charge in [-0.2, -0.15) is 14.9 Å². The second-order valence-electron chi connectivity index (χ2n) is 7.54. The minimum atomic E-state index is -0.332. The zero-order valence-corrected chi connectivity index (χ0v) is 16.8. The standard InChI is InChI=1S/C23H20FN5O2/c1-14-4-2-3-5-19(14)29-20(31)11-10-18(26-29)21-22(15-6-8-16(24)9-7-15)27-28-12-17(13-30)25-23(21)28/h2-11,17,25,30H,12-13H2,1H3/t17-/m1/s1. The minimum Gasteiger partial charge on any atom is -0.394 e. The number of hydrogen-bond donors (Lipinski definition) is 2. The Hall–Kier alpha value is -3.78. The monoisotopic (exact) mass is 417 g/mol. The van der Waals surface area contributed by atoms with Crippen molar-refractivity contribution in [3.05, 3.63) is 82.4 Å².